The number of nitrogens with one attached hydrogen (secondary N) is 1. The Labute approximate surface area is 204 Å². The minimum absolute atomic E-state index is 0.0728. The molecule has 0 saturated heterocycles. The van der Waals surface area contributed by atoms with Gasteiger partial charge in [0.1, 0.15) is 12.7 Å². The third-order valence-corrected chi connectivity index (χ3v) is 5.65. The van der Waals surface area contributed by atoms with Crippen LogP contribution in [0.2, 0.25) is 0 Å². The van der Waals surface area contributed by atoms with E-state index in [0.29, 0.717) is 6.42 Å². The fourth-order valence-electron chi connectivity index (χ4n) is 2.75. The van der Waals surface area contributed by atoms with Crippen molar-refractivity contribution >= 4 is 19.7 Å². The first-order chi connectivity index (χ1) is 16.3. The average molecular weight is 506 g/mol. The predicted molar refractivity (Wildman–Crippen MR) is 132 cm³/mol. The molecule has 0 aromatic heterocycles. The lowest BCUT2D eigenvalue weighted by Crippen LogP contribution is -2.27. The summed E-state index contributed by atoms with van der Waals surface area (Å²) in [7, 11) is -4.37. The van der Waals surface area contributed by atoms with E-state index in [1.165, 1.54) is 6.42 Å². The molecule has 34 heavy (non-hydrogen) atoms. The second kappa shape index (κ2) is 22.0. The Morgan fingerprint density at radius 3 is 2.32 bits per heavy atom. The van der Waals surface area contributed by atoms with Crippen molar-refractivity contribution in [3.63, 3.8) is 0 Å². The molecular weight excluding hydrogens is 461 g/mol. The minimum Gasteiger partial charge on any atom is -0.463 e. The van der Waals surface area contributed by atoms with Crippen molar-refractivity contribution in [2.75, 3.05) is 26.4 Å². The molecule has 2 unspecified atom stereocenters. The fourth-order valence-corrected chi connectivity index (χ4v) is 3.51. The maximum Gasteiger partial charge on any atom is 0.472 e. The topological polar surface area (TPSA) is 131 Å². The Kier molecular flexibility index (Phi) is 21.0. The fraction of sp³-hybridized carbons (Fsp3) is 0.750. The lowest BCUT2D eigenvalue weighted by atomic mass is 10.1. The lowest BCUT2D eigenvalue weighted by Gasteiger charge is -2.15. The number of carbonyl (C=O) groups is 2. The molecule has 2 atom stereocenters. The quantitative estimate of drug-likeness (QED) is 0.0843. The van der Waals surface area contributed by atoms with Crippen LogP contribution in [0.4, 0.5) is 0 Å². The van der Waals surface area contributed by atoms with Gasteiger partial charge in [0.15, 0.2) is 0 Å². The van der Waals surface area contributed by atoms with E-state index in [9.17, 15) is 24.2 Å². The van der Waals surface area contributed by atoms with Gasteiger partial charge in [-0.05, 0) is 32.1 Å². The summed E-state index contributed by atoms with van der Waals surface area (Å²) in [6.07, 6.45) is 17.8. The number of phosphoric acid groups is 1. The number of phosphoric ester groups is 1. The Morgan fingerprint density at radius 1 is 0.941 bits per heavy atom. The molecule has 0 aliphatic rings. The highest BCUT2D eigenvalue weighted by molar-refractivity contribution is 7.47. The zero-order chi connectivity index (χ0) is 25.5. The number of aliphatic hydroxyl groups is 1. The average Bonchev–Trinajstić information content (AvgIpc) is 2.82. The number of aliphatic hydroxyl groups excluding tert-OH is 1. The normalized spacial score (nSPS) is 14.4. The van der Waals surface area contributed by atoms with Gasteiger partial charge in [-0.3, -0.25) is 18.6 Å². The number of hydrogen-bond acceptors (Lipinski definition) is 7. The molecule has 10 heteroatoms. The van der Waals surface area contributed by atoms with Gasteiger partial charge in [-0.15, -0.1) is 0 Å². The summed E-state index contributed by atoms with van der Waals surface area (Å²) in [5.41, 5.74) is 0. The second-order valence-corrected chi connectivity index (χ2v) is 9.37. The molecule has 198 valence electrons. The van der Waals surface area contributed by atoms with E-state index in [0.717, 1.165) is 51.4 Å². The molecule has 0 fully saturated rings. The maximum atomic E-state index is 11.8. The molecule has 0 saturated carbocycles. The van der Waals surface area contributed by atoms with E-state index in [1.807, 2.05) is 0 Å². The van der Waals surface area contributed by atoms with Crippen LogP contribution in [0.5, 0.6) is 0 Å². The van der Waals surface area contributed by atoms with Crippen molar-refractivity contribution in [1.29, 1.82) is 0 Å². The SMILES string of the molecule is CCC/C=C\C/C=C\CCCCCCCC(=O)NCCOP(=O)(O)OCC(O)COC(=O)CC. The first-order valence-electron chi connectivity index (χ1n) is 12.3. The molecule has 1 amide bonds. The van der Waals surface area contributed by atoms with Crippen molar-refractivity contribution in [3.05, 3.63) is 24.3 Å². The van der Waals surface area contributed by atoms with E-state index in [4.69, 9.17) is 9.26 Å². The van der Waals surface area contributed by atoms with Crippen LogP contribution >= 0.6 is 7.82 Å². The number of carbonyl (C=O) groups excluding carboxylic acids is 2. The van der Waals surface area contributed by atoms with Crippen molar-refractivity contribution < 1.29 is 37.9 Å². The molecule has 9 nitrogen and oxygen atoms in total. The molecule has 0 rings (SSSR count). The smallest absolute Gasteiger partial charge is 0.463 e. The maximum absolute atomic E-state index is 11.8. The Hall–Kier alpha value is -1.51. The summed E-state index contributed by atoms with van der Waals surface area (Å²) in [4.78, 5) is 32.4. The number of amides is 1. The highest BCUT2D eigenvalue weighted by Gasteiger charge is 2.23. The van der Waals surface area contributed by atoms with Gasteiger partial charge in [0.05, 0.1) is 13.2 Å². The van der Waals surface area contributed by atoms with Gasteiger partial charge in [-0.2, -0.15) is 0 Å². The number of rotatable bonds is 22. The second-order valence-electron chi connectivity index (χ2n) is 7.91. The van der Waals surface area contributed by atoms with E-state index in [1.54, 1.807) is 6.92 Å². The number of ether oxygens (including phenoxy) is 1. The van der Waals surface area contributed by atoms with E-state index < -0.39 is 26.5 Å². The lowest BCUT2D eigenvalue weighted by molar-refractivity contribution is -0.146. The first kappa shape index (κ1) is 32.5. The van der Waals surface area contributed by atoms with Crippen LogP contribution in [0.3, 0.4) is 0 Å². The Balaban J connectivity index is 3.63. The van der Waals surface area contributed by atoms with Gasteiger partial charge in [0.2, 0.25) is 5.91 Å². The van der Waals surface area contributed by atoms with Crippen molar-refractivity contribution in [3.8, 4) is 0 Å². The van der Waals surface area contributed by atoms with Gasteiger partial charge in [0.25, 0.3) is 0 Å². The van der Waals surface area contributed by atoms with Crippen molar-refractivity contribution in [2.45, 2.75) is 90.6 Å². The molecular formula is C24H44NO8P. The van der Waals surface area contributed by atoms with E-state index >= 15 is 0 Å². The number of allylic oxidation sites excluding steroid dienone is 4. The zero-order valence-corrected chi connectivity index (χ0v) is 21.7. The van der Waals surface area contributed by atoms with Crippen LogP contribution in [0.25, 0.3) is 0 Å². The zero-order valence-electron chi connectivity index (χ0n) is 20.8. The molecule has 0 bridgehead atoms. The van der Waals surface area contributed by atoms with E-state index in [2.05, 4.69) is 41.1 Å². The number of esters is 1. The summed E-state index contributed by atoms with van der Waals surface area (Å²) in [6.45, 7) is 2.79. The Morgan fingerprint density at radius 2 is 1.62 bits per heavy atom. The molecule has 0 aromatic rings. The molecule has 0 spiro atoms. The van der Waals surface area contributed by atoms with Crippen LogP contribution in [-0.2, 0) is 27.9 Å². The van der Waals surface area contributed by atoms with Crippen molar-refractivity contribution in [1.82, 2.24) is 5.32 Å². The van der Waals surface area contributed by atoms with Crippen LogP contribution in [-0.4, -0.2) is 54.3 Å². The minimum atomic E-state index is -4.37. The van der Waals surface area contributed by atoms with Crippen LogP contribution < -0.4 is 5.32 Å². The molecule has 0 heterocycles. The first-order valence-corrected chi connectivity index (χ1v) is 13.8. The molecule has 0 aliphatic heterocycles. The third-order valence-electron chi connectivity index (χ3n) is 4.67. The monoisotopic (exact) mass is 505 g/mol. The standard InChI is InChI=1S/C24H44NO8P/c1-3-5-6-7-8-9-10-11-12-13-14-15-16-17-23(27)25-18-19-32-34(29,30)33-21-22(26)20-31-24(28)4-2/h6-7,9-10,22,26H,3-5,8,11-21H2,1-2H3,(H,25,27)(H,29,30)/b7-6-,10-9-. The van der Waals surface area contributed by atoms with Crippen molar-refractivity contribution in [2.24, 2.45) is 0 Å². The van der Waals surface area contributed by atoms with E-state index in [-0.39, 0.29) is 32.1 Å². The van der Waals surface area contributed by atoms with Crippen LogP contribution in [0, 0.1) is 0 Å². The van der Waals surface area contributed by atoms with Gasteiger partial charge in [0, 0.05) is 19.4 Å². The highest BCUT2D eigenvalue weighted by atomic mass is 31.2. The molecule has 0 aromatic carbocycles. The van der Waals surface area contributed by atoms with Gasteiger partial charge in [-0.25, -0.2) is 4.57 Å². The molecule has 0 radical (unpaired) electrons. The summed E-state index contributed by atoms with van der Waals surface area (Å²) in [5.74, 6) is -0.628. The van der Waals surface area contributed by atoms with Crippen LogP contribution in [0.1, 0.15) is 84.5 Å². The molecule has 0 aliphatic carbocycles. The number of hydrogen-bond donors (Lipinski definition) is 3. The highest BCUT2D eigenvalue weighted by Crippen LogP contribution is 2.42. The summed E-state index contributed by atoms with van der Waals surface area (Å²) in [6, 6.07) is 0. The van der Waals surface area contributed by atoms with Gasteiger partial charge in [-0.1, -0.05) is 63.8 Å². The van der Waals surface area contributed by atoms with Gasteiger partial charge >= 0.3 is 13.8 Å². The number of unbranched alkanes of at least 4 members (excludes halogenated alkanes) is 6. The summed E-state index contributed by atoms with van der Waals surface area (Å²) < 4.78 is 25.8. The summed E-state index contributed by atoms with van der Waals surface area (Å²) in [5, 5.41) is 12.2. The summed E-state index contributed by atoms with van der Waals surface area (Å²) >= 11 is 0. The largest absolute Gasteiger partial charge is 0.472 e. The van der Waals surface area contributed by atoms with Crippen LogP contribution in [0.15, 0.2) is 24.3 Å². The molecule has 3 N–H and O–H groups in total. The Bertz CT molecular complexity index is 638. The third kappa shape index (κ3) is 22.3. The van der Waals surface area contributed by atoms with Gasteiger partial charge < -0.3 is 20.1 Å². The predicted octanol–water partition coefficient (Wildman–Crippen LogP) is 4.58.